The molecular formula is C22H33N5O3S. The van der Waals surface area contributed by atoms with E-state index in [1.165, 1.54) is 0 Å². The number of benzene rings is 1. The first kappa shape index (κ1) is 24.6. The first-order valence-corrected chi connectivity index (χ1v) is 11.7. The van der Waals surface area contributed by atoms with Crippen molar-refractivity contribution in [2.75, 3.05) is 29.7 Å². The number of nitrogens with one attached hydrogen (secondary N) is 2. The Morgan fingerprint density at radius 3 is 2.45 bits per heavy atom. The van der Waals surface area contributed by atoms with Gasteiger partial charge in [-0.05, 0) is 44.4 Å². The van der Waals surface area contributed by atoms with Crippen LogP contribution in [-0.4, -0.2) is 46.4 Å². The number of thioether (sulfide) groups is 1. The summed E-state index contributed by atoms with van der Waals surface area (Å²) in [5.41, 5.74) is 9.03. The number of hydrogen-bond acceptors (Lipinski definition) is 6. The number of carbonyl (C=O) groups excluding carboxylic acids is 2. The summed E-state index contributed by atoms with van der Waals surface area (Å²) >= 11 is 1.59. The summed E-state index contributed by atoms with van der Waals surface area (Å²) in [7, 11) is 0. The molecule has 0 radical (unpaired) electrons. The lowest BCUT2D eigenvalue weighted by Gasteiger charge is -2.20. The minimum Gasteiger partial charge on any atom is -0.464 e. The molecule has 0 aliphatic carbocycles. The Balaban J connectivity index is 2.32. The van der Waals surface area contributed by atoms with Gasteiger partial charge in [0.25, 0.3) is 0 Å². The van der Waals surface area contributed by atoms with Gasteiger partial charge in [0.05, 0.1) is 18.0 Å². The summed E-state index contributed by atoms with van der Waals surface area (Å²) in [6.45, 7) is 9.98. The number of carbonyl (C=O) groups is 2. The van der Waals surface area contributed by atoms with Crippen molar-refractivity contribution in [3.63, 3.8) is 0 Å². The van der Waals surface area contributed by atoms with Crippen molar-refractivity contribution in [2.45, 2.75) is 52.5 Å². The first-order chi connectivity index (χ1) is 14.6. The second-order valence-corrected chi connectivity index (χ2v) is 9.28. The molecule has 0 spiro atoms. The van der Waals surface area contributed by atoms with E-state index < -0.39 is 18.0 Å². The summed E-state index contributed by atoms with van der Waals surface area (Å²) < 4.78 is 6.71. The fourth-order valence-corrected chi connectivity index (χ4v) is 3.47. The molecule has 1 aromatic heterocycles. The number of rotatable bonds is 8. The number of nitrogens with two attached hydrogens (primary N) is 1. The number of ether oxygens (including phenoxy) is 1. The van der Waals surface area contributed by atoms with Gasteiger partial charge in [-0.2, -0.15) is 16.9 Å². The van der Waals surface area contributed by atoms with E-state index in [2.05, 4.69) is 15.7 Å². The summed E-state index contributed by atoms with van der Waals surface area (Å²) in [4.78, 5) is 25.0. The summed E-state index contributed by atoms with van der Waals surface area (Å²) in [6, 6.07) is 6.53. The molecule has 1 atom stereocenters. The third-order valence-electron chi connectivity index (χ3n) is 4.64. The molecule has 0 saturated carbocycles. The van der Waals surface area contributed by atoms with Crippen LogP contribution in [0.3, 0.4) is 0 Å². The molecule has 170 valence electrons. The van der Waals surface area contributed by atoms with Gasteiger partial charge in [-0.15, -0.1) is 0 Å². The second kappa shape index (κ2) is 10.6. The maximum atomic E-state index is 12.8. The molecule has 31 heavy (non-hydrogen) atoms. The highest BCUT2D eigenvalue weighted by Crippen LogP contribution is 2.34. The van der Waals surface area contributed by atoms with Crippen LogP contribution in [0.1, 0.15) is 45.4 Å². The Kier molecular flexibility index (Phi) is 8.38. The zero-order valence-electron chi connectivity index (χ0n) is 19.1. The summed E-state index contributed by atoms with van der Waals surface area (Å²) in [5, 5.41) is 10.2. The average molecular weight is 448 g/mol. The Bertz CT molecular complexity index is 903. The molecule has 4 N–H and O–H groups in total. The first-order valence-electron chi connectivity index (χ1n) is 10.3. The molecular weight excluding hydrogens is 414 g/mol. The fraction of sp³-hybridized carbons (Fsp3) is 0.500. The highest BCUT2D eigenvalue weighted by Gasteiger charge is 2.29. The van der Waals surface area contributed by atoms with Crippen molar-refractivity contribution < 1.29 is 14.3 Å². The van der Waals surface area contributed by atoms with Crippen molar-refractivity contribution in [1.82, 2.24) is 15.1 Å². The molecule has 0 unspecified atom stereocenters. The van der Waals surface area contributed by atoms with Gasteiger partial charge in [0.1, 0.15) is 11.7 Å². The number of hydrogen-bond donors (Lipinski definition) is 3. The molecule has 2 aromatic rings. The minimum atomic E-state index is -0.737. The Morgan fingerprint density at radius 2 is 1.90 bits per heavy atom. The van der Waals surface area contributed by atoms with E-state index in [-0.39, 0.29) is 12.0 Å². The van der Waals surface area contributed by atoms with E-state index in [4.69, 9.17) is 10.5 Å². The van der Waals surface area contributed by atoms with Crippen molar-refractivity contribution in [2.24, 2.45) is 0 Å². The molecule has 0 aliphatic rings. The van der Waals surface area contributed by atoms with Gasteiger partial charge in [0, 0.05) is 5.41 Å². The van der Waals surface area contributed by atoms with E-state index in [0.29, 0.717) is 29.4 Å². The summed E-state index contributed by atoms with van der Waals surface area (Å²) in [6.07, 6.45) is 2.41. The zero-order chi connectivity index (χ0) is 23.2. The Morgan fingerprint density at radius 1 is 1.26 bits per heavy atom. The molecule has 1 heterocycles. The molecule has 0 aliphatic heterocycles. The van der Waals surface area contributed by atoms with Crippen molar-refractivity contribution >= 4 is 35.3 Å². The smallest absolute Gasteiger partial charge is 0.328 e. The molecule has 8 nitrogen and oxygen atoms in total. The SMILES string of the molecule is CCOC(=O)[C@H](CCSC)NC(=O)Nc1c(C(C)(C)C)nn(-c2ccc(C)cc2)c1N. The maximum Gasteiger partial charge on any atom is 0.328 e. The second-order valence-electron chi connectivity index (χ2n) is 8.29. The predicted molar refractivity (Wildman–Crippen MR) is 127 cm³/mol. The predicted octanol–water partition coefficient (Wildman–Crippen LogP) is 3.87. The van der Waals surface area contributed by atoms with Gasteiger partial charge in [-0.25, -0.2) is 14.3 Å². The highest BCUT2D eigenvalue weighted by atomic mass is 32.2. The lowest BCUT2D eigenvalue weighted by molar-refractivity contribution is -0.145. The number of esters is 1. The number of urea groups is 1. The molecule has 2 amide bonds. The van der Waals surface area contributed by atoms with Crippen molar-refractivity contribution in [3.05, 3.63) is 35.5 Å². The topological polar surface area (TPSA) is 111 Å². The lowest BCUT2D eigenvalue weighted by atomic mass is 9.91. The Hall–Kier alpha value is -2.68. The number of aromatic nitrogens is 2. The van der Waals surface area contributed by atoms with Gasteiger partial charge in [-0.3, -0.25) is 0 Å². The molecule has 1 aromatic carbocycles. The van der Waals surface area contributed by atoms with Crippen LogP contribution in [0.15, 0.2) is 24.3 Å². The van der Waals surface area contributed by atoms with Gasteiger partial charge in [0.15, 0.2) is 5.82 Å². The van der Waals surface area contributed by atoms with Crippen LogP contribution in [0.4, 0.5) is 16.3 Å². The van der Waals surface area contributed by atoms with Crippen LogP contribution < -0.4 is 16.4 Å². The van der Waals surface area contributed by atoms with E-state index in [1.54, 1.807) is 23.4 Å². The van der Waals surface area contributed by atoms with E-state index >= 15 is 0 Å². The number of amides is 2. The largest absolute Gasteiger partial charge is 0.464 e. The van der Waals surface area contributed by atoms with Gasteiger partial charge < -0.3 is 21.1 Å². The van der Waals surface area contributed by atoms with Crippen LogP contribution >= 0.6 is 11.8 Å². The van der Waals surface area contributed by atoms with Gasteiger partial charge in [-0.1, -0.05) is 38.5 Å². The lowest BCUT2D eigenvalue weighted by Crippen LogP contribution is -2.44. The van der Waals surface area contributed by atoms with E-state index in [1.807, 2.05) is 58.2 Å². The van der Waals surface area contributed by atoms with E-state index in [0.717, 1.165) is 11.3 Å². The summed E-state index contributed by atoms with van der Waals surface area (Å²) in [5.74, 6) is 0.580. The number of anilines is 2. The zero-order valence-corrected chi connectivity index (χ0v) is 19.9. The quantitative estimate of drug-likeness (QED) is 0.530. The van der Waals surface area contributed by atoms with Crippen LogP contribution in [-0.2, 0) is 14.9 Å². The molecule has 0 fully saturated rings. The van der Waals surface area contributed by atoms with Crippen LogP contribution in [0, 0.1) is 6.92 Å². The third-order valence-corrected chi connectivity index (χ3v) is 5.28. The van der Waals surface area contributed by atoms with Crippen LogP contribution in [0.25, 0.3) is 5.69 Å². The standard InChI is InChI=1S/C22H33N5O3S/c1-7-30-20(28)16(12-13-31-6)24-21(29)25-17-18(22(3,4)5)26-27(19(17)23)15-10-8-14(2)9-11-15/h8-11,16H,7,12-13,23H2,1-6H3,(H2,24,25,29)/t16-/m0/s1. The Labute approximate surface area is 188 Å². The average Bonchev–Trinajstić information content (AvgIpc) is 3.02. The van der Waals surface area contributed by atoms with Crippen LogP contribution in [0.2, 0.25) is 0 Å². The van der Waals surface area contributed by atoms with E-state index in [9.17, 15) is 9.59 Å². The van der Waals surface area contributed by atoms with Crippen molar-refractivity contribution in [1.29, 1.82) is 0 Å². The normalized spacial score (nSPS) is 12.3. The number of nitrogens with zero attached hydrogens (tertiary/aromatic N) is 2. The molecule has 2 rings (SSSR count). The fourth-order valence-electron chi connectivity index (χ4n) is 3.00. The number of aryl methyl sites for hydroxylation is 1. The highest BCUT2D eigenvalue weighted by molar-refractivity contribution is 7.98. The van der Waals surface area contributed by atoms with Crippen molar-refractivity contribution in [3.8, 4) is 5.69 Å². The van der Waals surface area contributed by atoms with Gasteiger partial charge >= 0.3 is 12.0 Å². The maximum absolute atomic E-state index is 12.8. The van der Waals surface area contributed by atoms with Crippen LogP contribution in [0.5, 0.6) is 0 Å². The molecule has 9 heteroatoms. The molecule has 0 bridgehead atoms. The molecule has 0 saturated heterocycles. The monoisotopic (exact) mass is 447 g/mol. The third kappa shape index (κ3) is 6.40. The minimum absolute atomic E-state index is 0.252. The van der Waals surface area contributed by atoms with Gasteiger partial charge in [0.2, 0.25) is 0 Å². The number of nitrogen functional groups attached to an aromatic ring is 1.